The third-order valence-electron chi connectivity index (χ3n) is 3.96. The van der Waals surface area contributed by atoms with Crippen LogP contribution in [-0.4, -0.2) is 54.8 Å². The molecule has 0 aromatic rings. The van der Waals surface area contributed by atoms with E-state index in [1.165, 1.54) is 6.21 Å². The minimum atomic E-state index is -0.916. The van der Waals surface area contributed by atoms with Crippen LogP contribution in [0.2, 0.25) is 0 Å². The van der Waals surface area contributed by atoms with E-state index in [9.17, 15) is 14.4 Å². The van der Waals surface area contributed by atoms with Gasteiger partial charge in [-0.2, -0.15) is 0 Å². The number of hydrogen-bond donors (Lipinski definition) is 3. The van der Waals surface area contributed by atoms with Crippen LogP contribution in [-0.2, 0) is 14.4 Å². The van der Waals surface area contributed by atoms with E-state index in [1.807, 2.05) is 26.8 Å². The highest BCUT2D eigenvalue weighted by Gasteiger charge is 2.28. The highest BCUT2D eigenvalue weighted by molar-refractivity contribution is 6.61. The molecule has 0 aromatic carbocycles. The van der Waals surface area contributed by atoms with Gasteiger partial charge in [-0.15, -0.1) is 0 Å². The van der Waals surface area contributed by atoms with Crippen molar-refractivity contribution in [3.8, 4) is 0 Å². The van der Waals surface area contributed by atoms with Crippen molar-refractivity contribution >= 4 is 29.6 Å². The molecule has 28 heavy (non-hydrogen) atoms. The standard InChI is InChI=1S/C20H31N5O3/c1-5-7-8-10-23-20(28)17(14(3)4)25-18(26)15(9-6-2)24-19(27)16-13-21-11-12-22-16/h6,8-10,13-15,17H,5,7,11-12H2,1-4H3,(H,23,28)(H,24,27)(H,25,26)/b9-6?,10-8+. The molecular formula is C20H31N5O3. The van der Waals surface area contributed by atoms with Gasteiger partial charge in [0, 0.05) is 0 Å². The number of carbonyl (C=O) groups is 3. The summed E-state index contributed by atoms with van der Waals surface area (Å²) in [6, 6.07) is -1.64. The first-order chi connectivity index (χ1) is 13.4. The fourth-order valence-electron chi connectivity index (χ4n) is 2.42. The number of aliphatic imine (C=N–C) groups is 2. The fraction of sp³-hybridized carbons (Fsp3) is 0.550. The van der Waals surface area contributed by atoms with E-state index < -0.39 is 23.9 Å². The molecule has 2 unspecified atom stereocenters. The molecule has 3 N–H and O–H groups in total. The van der Waals surface area contributed by atoms with Crippen molar-refractivity contribution in [2.75, 3.05) is 13.1 Å². The highest BCUT2D eigenvalue weighted by Crippen LogP contribution is 2.04. The molecule has 1 aliphatic heterocycles. The van der Waals surface area contributed by atoms with Gasteiger partial charge in [0.2, 0.25) is 11.8 Å². The lowest BCUT2D eigenvalue weighted by molar-refractivity contribution is -0.130. The first-order valence-electron chi connectivity index (χ1n) is 9.64. The van der Waals surface area contributed by atoms with Gasteiger partial charge in [-0.1, -0.05) is 45.4 Å². The van der Waals surface area contributed by atoms with Crippen LogP contribution in [0.1, 0.15) is 40.5 Å². The highest BCUT2D eigenvalue weighted by atomic mass is 16.2. The van der Waals surface area contributed by atoms with Crippen molar-refractivity contribution in [2.45, 2.75) is 52.6 Å². The van der Waals surface area contributed by atoms with Crippen molar-refractivity contribution in [2.24, 2.45) is 15.9 Å². The van der Waals surface area contributed by atoms with Gasteiger partial charge in [0.1, 0.15) is 17.8 Å². The third-order valence-corrected chi connectivity index (χ3v) is 3.96. The summed E-state index contributed by atoms with van der Waals surface area (Å²) in [5, 5.41) is 8.04. The van der Waals surface area contributed by atoms with Crippen LogP contribution >= 0.6 is 0 Å². The molecule has 0 saturated heterocycles. The molecule has 8 nitrogen and oxygen atoms in total. The Morgan fingerprint density at radius 3 is 2.50 bits per heavy atom. The van der Waals surface area contributed by atoms with E-state index in [4.69, 9.17) is 0 Å². The quantitative estimate of drug-likeness (QED) is 0.487. The third kappa shape index (κ3) is 7.85. The summed E-state index contributed by atoms with van der Waals surface area (Å²) < 4.78 is 0. The Balaban J connectivity index is 2.78. The van der Waals surface area contributed by atoms with E-state index in [1.54, 1.807) is 25.3 Å². The maximum atomic E-state index is 12.7. The largest absolute Gasteiger partial charge is 0.342 e. The molecule has 2 atom stereocenters. The molecule has 0 saturated carbocycles. The zero-order valence-corrected chi connectivity index (χ0v) is 17.1. The van der Waals surface area contributed by atoms with Gasteiger partial charge in [0.15, 0.2) is 0 Å². The molecule has 1 aliphatic rings. The van der Waals surface area contributed by atoms with Crippen LogP contribution in [0.25, 0.3) is 0 Å². The van der Waals surface area contributed by atoms with Gasteiger partial charge in [0.25, 0.3) is 5.91 Å². The number of nitrogens with one attached hydrogen (secondary N) is 3. The van der Waals surface area contributed by atoms with Gasteiger partial charge >= 0.3 is 0 Å². The van der Waals surface area contributed by atoms with E-state index in [-0.39, 0.29) is 17.5 Å². The normalized spacial score (nSPS) is 16.1. The van der Waals surface area contributed by atoms with Gasteiger partial charge in [-0.05, 0) is 25.5 Å². The number of rotatable bonds is 10. The Labute approximate surface area is 166 Å². The number of nitrogens with zero attached hydrogens (tertiary/aromatic N) is 2. The monoisotopic (exact) mass is 389 g/mol. The predicted octanol–water partition coefficient (Wildman–Crippen LogP) is 1.14. The molecule has 0 aromatic heterocycles. The van der Waals surface area contributed by atoms with E-state index in [2.05, 4.69) is 25.9 Å². The van der Waals surface area contributed by atoms with E-state index in [0.29, 0.717) is 13.1 Å². The first kappa shape index (κ1) is 23.3. The summed E-state index contributed by atoms with van der Waals surface area (Å²) in [5.74, 6) is -1.37. The van der Waals surface area contributed by atoms with Gasteiger partial charge in [0.05, 0.1) is 19.3 Å². The topological polar surface area (TPSA) is 112 Å². The van der Waals surface area contributed by atoms with Crippen molar-refractivity contribution in [1.82, 2.24) is 16.0 Å². The van der Waals surface area contributed by atoms with Gasteiger partial charge in [-0.3, -0.25) is 24.4 Å². The molecule has 154 valence electrons. The zero-order valence-electron chi connectivity index (χ0n) is 17.1. The second kappa shape index (κ2) is 12.6. The Morgan fingerprint density at radius 2 is 1.93 bits per heavy atom. The number of hydrogen-bond acceptors (Lipinski definition) is 5. The lowest BCUT2D eigenvalue weighted by Crippen LogP contribution is -2.55. The Kier molecular flexibility index (Phi) is 10.5. The van der Waals surface area contributed by atoms with Gasteiger partial charge in [-0.25, -0.2) is 0 Å². The second-order valence-electron chi connectivity index (χ2n) is 6.71. The summed E-state index contributed by atoms with van der Waals surface area (Å²) in [4.78, 5) is 45.5. The lowest BCUT2D eigenvalue weighted by Gasteiger charge is -2.23. The number of unbranched alkanes of at least 4 members (excludes halogenated alkanes) is 1. The predicted molar refractivity (Wildman–Crippen MR) is 111 cm³/mol. The number of allylic oxidation sites excluding steroid dienone is 2. The summed E-state index contributed by atoms with van der Waals surface area (Å²) in [5.41, 5.74) is 0.188. The van der Waals surface area contributed by atoms with E-state index >= 15 is 0 Å². The smallest absolute Gasteiger partial charge is 0.271 e. The van der Waals surface area contributed by atoms with Gasteiger partial charge < -0.3 is 16.0 Å². The van der Waals surface area contributed by atoms with Crippen molar-refractivity contribution in [3.05, 3.63) is 24.4 Å². The van der Waals surface area contributed by atoms with Crippen molar-refractivity contribution in [3.63, 3.8) is 0 Å². The molecule has 0 spiro atoms. The zero-order chi connectivity index (χ0) is 20.9. The number of carbonyl (C=O) groups excluding carboxylic acids is 3. The molecule has 1 rings (SSSR count). The van der Waals surface area contributed by atoms with E-state index in [0.717, 1.165) is 12.8 Å². The SMILES string of the molecule is CC=CC(NC(=O)C1=NCCN=C1)C(=O)NC(C(=O)N/C=C/CCC)C(C)C. The minimum absolute atomic E-state index is 0.125. The minimum Gasteiger partial charge on any atom is -0.342 e. The Bertz CT molecular complexity index is 665. The molecule has 0 fully saturated rings. The summed E-state index contributed by atoms with van der Waals surface area (Å²) in [7, 11) is 0. The van der Waals surface area contributed by atoms with Crippen LogP contribution < -0.4 is 16.0 Å². The summed E-state index contributed by atoms with van der Waals surface area (Å²) in [6.07, 6.45) is 9.93. The molecule has 1 heterocycles. The molecule has 0 aliphatic carbocycles. The average molecular weight is 390 g/mol. The average Bonchev–Trinajstić information content (AvgIpc) is 2.69. The second-order valence-corrected chi connectivity index (χ2v) is 6.71. The molecule has 3 amide bonds. The van der Waals surface area contributed by atoms with Crippen LogP contribution in [0.4, 0.5) is 0 Å². The maximum Gasteiger partial charge on any atom is 0.271 e. The molecule has 8 heteroatoms. The van der Waals surface area contributed by atoms with Crippen molar-refractivity contribution in [1.29, 1.82) is 0 Å². The fourth-order valence-corrected chi connectivity index (χ4v) is 2.42. The molecule has 0 radical (unpaired) electrons. The van der Waals surface area contributed by atoms with Crippen molar-refractivity contribution < 1.29 is 14.4 Å². The molecule has 0 bridgehead atoms. The first-order valence-corrected chi connectivity index (χ1v) is 9.64. The molecular weight excluding hydrogens is 358 g/mol. The summed E-state index contributed by atoms with van der Waals surface area (Å²) >= 11 is 0. The number of amides is 3. The summed E-state index contributed by atoms with van der Waals surface area (Å²) in [6.45, 7) is 8.47. The Morgan fingerprint density at radius 1 is 1.18 bits per heavy atom. The van der Waals surface area contributed by atoms with Crippen LogP contribution in [0, 0.1) is 5.92 Å². The Hall–Kier alpha value is -2.77. The van der Waals surface area contributed by atoms with Crippen LogP contribution in [0.15, 0.2) is 34.4 Å². The maximum absolute atomic E-state index is 12.7. The van der Waals surface area contributed by atoms with Crippen LogP contribution in [0.5, 0.6) is 0 Å². The van der Waals surface area contributed by atoms with Crippen LogP contribution in [0.3, 0.4) is 0 Å². The lowest BCUT2D eigenvalue weighted by atomic mass is 10.0.